The molecule has 0 spiro atoms. The lowest BCUT2D eigenvalue weighted by molar-refractivity contribution is -0.388. The molecule has 2 heterocycles. The highest BCUT2D eigenvalue weighted by Gasteiger charge is 2.25. The smallest absolute Gasteiger partial charge is 0.361 e. The molecule has 6 nitrogen and oxygen atoms in total. The topological polar surface area (TPSA) is 71.3 Å². The van der Waals surface area contributed by atoms with Crippen molar-refractivity contribution in [2.24, 2.45) is 0 Å². The molecule has 1 atom stereocenters. The normalized spacial score (nSPS) is 18.8. The Morgan fingerprint density at radius 3 is 3.00 bits per heavy atom. The van der Waals surface area contributed by atoms with Crippen LogP contribution in [0.1, 0.15) is 26.7 Å². The molecule has 0 radical (unpaired) electrons. The van der Waals surface area contributed by atoms with Crippen LogP contribution in [0.4, 0.5) is 11.5 Å². The second kappa shape index (κ2) is 5.97. The molecular formula is C13H20N4O2. The van der Waals surface area contributed by atoms with Crippen molar-refractivity contribution in [3.8, 4) is 0 Å². The highest BCUT2D eigenvalue weighted by Crippen LogP contribution is 2.27. The molecule has 1 N–H and O–H groups in total. The predicted octanol–water partition coefficient (Wildman–Crippen LogP) is 1.96. The van der Waals surface area contributed by atoms with Crippen molar-refractivity contribution >= 4 is 11.5 Å². The molecule has 0 bridgehead atoms. The van der Waals surface area contributed by atoms with Crippen LogP contribution in [0, 0.1) is 10.1 Å². The fraction of sp³-hybridized carbons (Fsp3) is 0.615. The van der Waals surface area contributed by atoms with Crippen molar-refractivity contribution < 1.29 is 4.92 Å². The van der Waals surface area contributed by atoms with Gasteiger partial charge < -0.3 is 20.3 Å². The van der Waals surface area contributed by atoms with Gasteiger partial charge >= 0.3 is 5.82 Å². The van der Waals surface area contributed by atoms with Crippen LogP contribution in [0.3, 0.4) is 0 Å². The van der Waals surface area contributed by atoms with Crippen molar-refractivity contribution in [2.75, 3.05) is 18.0 Å². The van der Waals surface area contributed by atoms with E-state index >= 15 is 0 Å². The standard InChI is InChI=1S/C13H20N4O2/c1-10(2)16(9-11-5-3-7-14-11)12-6-4-8-15-13(12)17(18)19/h4,6,8,10-11,14H,3,5,7,9H2,1-2H3. The lowest BCUT2D eigenvalue weighted by atomic mass is 10.1. The molecular weight excluding hydrogens is 244 g/mol. The number of anilines is 1. The minimum atomic E-state index is -0.410. The van der Waals surface area contributed by atoms with Crippen LogP contribution in [0.25, 0.3) is 0 Å². The summed E-state index contributed by atoms with van der Waals surface area (Å²) in [5, 5.41) is 14.5. The van der Waals surface area contributed by atoms with Crippen LogP contribution in [-0.4, -0.2) is 35.1 Å². The van der Waals surface area contributed by atoms with Gasteiger partial charge in [-0.25, -0.2) is 0 Å². The van der Waals surface area contributed by atoms with E-state index in [1.807, 2.05) is 13.8 Å². The van der Waals surface area contributed by atoms with E-state index in [1.165, 1.54) is 12.6 Å². The summed E-state index contributed by atoms with van der Waals surface area (Å²) in [6.07, 6.45) is 3.76. The average Bonchev–Trinajstić information content (AvgIpc) is 2.88. The summed E-state index contributed by atoms with van der Waals surface area (Å²) in [6, 6.07) is 4.13. The third-order valence-corrected chi connectivity index (χ3v) is 3.45. The molecule has 1 unspecified atom stereocenters. The minimum Gasteiger partial charge on any atom is -0.361 e. The molecule has 1 saturated heterocycles. The fourth-order valence-electron chi connectivity index (χ4n) is 2.49. The number of pyridine rings is 1. The lowest BCUT2D eigenvalue weighted by Crippen LogP contribution is -2.41. The monoisotopic (exact) mass is 264 g/mol. The van der Waals surface area contributed by atoms with E-state index in [9.17, 15) is 10.1 Å². The third-order valence-electron chi connectivity index (χ3n) is 3.45. The molecule has 0 saturated carbocycles. The van der Waals surface area contributed by atoms with Gasteiger partial charge in [0.1, 0.15) is 11.9 Å². The number of nitro groups is 1. The maximum atomic E-state index is 11.1. The van der Waals surface area contributed by atoms with Crippen LogP contribution in [0.2, 0.25) is 0 Å². The van der Waals surface area contributed by atoms with Gasteiger partial charge in [0, 0.05) is 18.6 Å². The quantitative estimate of drug-likeness (QED) is 0.650. The Morgan fingerprint density at radius 2 is 2.42 bits per heavy atom. The predicted molar refractivity (Wildman–Crippen MR) is 74.4 cm³/mol. The SMILES string of the molecule is CC(C)N(CC1CCCN1)c1cccnc1[N+](=O)[O-]. The van der Waals surface area contributed by atoms with E-state index in [4.69, 9.17) is 0 Å². The van der Waals surface area contributed by atoms with Gasteiger partial charge in [-0.1, -0.05) is 0 Å². The second-order valence-electron chi connectivity index (χ2n) is 5.14. The van der Waals surface area contributed by atoms with Crippen molar-refractivity contribution in [1.82, 2.24) is 10.3 Å². The van der Waals surface area contributed by atoms with Gasteiger partial charge in [0.05, 0.1) is 0 Å². The minimum absolute atomic E-state index is 0.0609. The molecule has 1 aromatic rings. The van der Waals surface area contributed by atoms with E-state index < -0.39 is 4.92 Å². The second-order valence-corrected chi connectivity index (χ2v) is 5.14. The van der Waals surface area contributed by atoms with Gasteiger partial charge in [-0.05, 0) is 55.3 Å². The number of rotatable bonds is 5. The van der Waals surface area contributed by atoms with E-state index in [1.54, 1.807) is 12.1 Å². The molecule has 104 valence electrons. The van der Waals surface area contributed by atoms with E-state index in [0.29, 0.717) is 11.7 Å². The zero-order valence-electron chi connectivity index (χ0n) is 11.4. The number of hydrogen-bond donors (Lipinski definition) is 1. The Balaban J connectivity index is 2.25. The molecule has 1 aliphatic rings. The first-order chi connectivity index (χ1) is 9.09. The molecule has 1 fully saturated rings. The third kappa shape index (κ3) is 3.20. The van der Waals surface area contributed by atoms with Gasteiger partial charge in [-0.15, -0.1) is 0 Å². The van der Waals surface area contributed by atoms with Crippen molar-refractivity contribution in [3.05, 3.63) is 28.4 Å². The summed E-state index contributed by atoms with van der Waals surface area (Å²) in [6.45, 7) is 5.91. The maximum Gasteiger partial charge on any atom is 0.387 e. The number of aromatic nitrogens is 1. The molecule has 1 aromatic heterocycles. The lowest BCUT2D eigenvalue weighted by Gasteiger charge is -2.30. The van der Waals surface area contributed by atoms with Crippen molar-refractivity contribution in [3.63, 3.8) is 0 Å². The van der Waals surface area contributed by atoms with Gasteiger partial charge in [0.2, 0.25) is 0 Å². The number of nitrogens with zero attached hydrogens (tertiary/aromatic N) is 3. The van der Waals surface area contributed by atoms with Crippen LogP contribution in [0.5, 0.6) is 0 Å². The zero-order valence-corrected chi connectivity index (χ0v) is 11.4. The Morgan fingerprint density at radius 1 is 1.63 bits per heavy atom. The molecule has 0 aliphatic carbocycles. The van der Waals surface area contributed by atoms with Gasteiger partial charge in [-0.2, -0.15) is 0 Å². The van der Waals surface area contributed by atoms with Gasteiger partial charge in [0.25, 0.3) is 0 Å². The van der Waals surface area contributed by atoms with Crippen LogP contribution in [-0.2, 0) is 0 Å². The zero-order chi connectivity index (χ0) is 13.8. The number of nitrogens with one attached hydrogen (secondary N) is 1. The van der Waals surface area contributed by atoms with Gasteiger partial charge in [0.15, 0.2) is 0 Å². The summed E-state index contributed by atoms with van der Waals surface area (Å²) in [7, 11) is 0. The van der Waals surface area contributed by atoms with Crippen molar-refractivity contribution in [1.29, 1.82) is 0 Å². The Bertz CT molecular complexity index is 444. The summed E-state index contributed by atoms with van der Waals surface area (Å²) >= 11 is 0. The largest absolute Gasteiger partial charge is 0.387 e. The fourth-order valence-corrected chi connectivity index (χ4v) is 2.49. The summed E-state index contributed by atoms with van der Waals surface area (Å²) in [4.78, 5) is 16.6. The molecule has 1 aliphatic heterocycles. The summed E-state index contributed by atoms with van der Waals surface area (Å²) < 4.78 is 0. The van der Waals surface area contributed by atoms with E-state index in [0.717, 1.165) is 19.5 Å². The summed E-state index contributed by atoms with van der Waals surface area (Å²) in [5.41, 5.74) is 0.608. The molecule has 0 aromatic carbocycles. The highest BCUT2D eigenvalue weighted by molar-refractivity contribution is 5.59. The Hall–Kier alpha value is -1.69. The summed E-state index contributed by atoms with van der Waals surface area (Å²) in [5.74, 6) is -0.0609. The van der Waals surface area contributed by atoms with Crippen molar-refractivity contribution in [2.45, 2.75) is 38.8 Å². The Kier molecular flexibility index (Phi) is 4.31. The first-order valence-electron chi connectivity index (χ1n) is 6.69. The Labute approximate surface area is 113 Å². The van der Waals surface area contributed by atoms with Gasteiger partial charge in [-0.3, -0.25) is 0 Å². The van der Waals surface area contributed by atoms with Crippen LogP contribution < -0.4 is 10.2 Å². The average molecular weight is 264 g/mol. The van der Waals surface area contributed by atoms with Crippen LogP contribution >= 0.6 is 0 Å². The van der Waals surface area contributed by atoms with E-state index in [2.05, 4.69) is 15.2 Å². The van der Waals surface area contributed by atoms with Crippen LogP contribution in [0.15, 0.2) is 18.3 Å². The molecule has 19 heavy (non-hydrogen) atoms. The maximum absolute atomic E-state index is 11.1. The highest BCUT2D eigenvalue weighted by atomic mass is 16.6. The molecule has 6 heteroatoms. The van der Waals surface area contributed by atoms with E-state index in [-0.39, 0.29) is 11.9 Å². The first kappa shape index (κ1) is 13.7. The first-order valence-corrected chi connectivity index (χ1v) is 6.69. The number of hydrogen-bond acceptors (Lipinski definition) is 5. The molecule has 2 rings (SSSR count). The molecule has 0 amide bonds.